The van der Waals surface area contributed by atoms with E-state index in [1.54, 1.807) is 24.3 Å². The molecule has 1 N–H and O–H groups in total. The molecule has 0 spiro atoms. The average molecular weight is 135 g/mol. The van der Waals surface area contributed by atoms with E-state index in [2.05, 4.69) is 0 Å². The Hall–Kier alpha value is -1.44. The number of Topliss-reactive ketones (excluding diaryl/α,β-unsaturated/α-hetero) is 1. The number of carbonyl (C=O) groups is 1. The van der Waals surface area contributed by atoms with Crippen molar-refractivity contribution in [2.24, 2.45) is 0 Å². The van der Waals surface area contributed by atoms with Crippen molar-refractivity contribution < 1.29 is 9.59 Å². The molecule has 0 aliphatic carbocycles. The van der Waals surface area contributed by atoms with E-state index in [4.69, 9.17) is 4.79 Å². The minimum absolute atomic E-state index is 0.361. The van der Waals surface area contributed by atoms with Crippen LogP contribution in [0.25, 0.3) is 0 Å². The Kier molecular flexibility index (Phi) is 1.95. The number of rotatable bonds is 2. The first-order chi connectivity index (χ1) is 4.84. The summed E-state index contributed by atoms with van der Waals surface area (Å²) in [6.45, 7) is 0. The van der Waals surface area contributed by atoms with Gasteiger partial charge in [-0.3, -0.25) is 9.59 Å². The van der Waals surface area contributed by atoms with Crippen LogP contribution >= 0.6 is 0 Å². The number of carbonyl (C=O) groups excluding carboxylic acids is 2. The summed E-state index contributed by atoms with van der Waals surface area (Å²) in [7, 11) is 0. The molecule has 0 aliphatic rings. The maximum Gasteiger partial charge on any atom is 0.352 e. The van der Waals surface area contributed by atoms with Crippen LogP contribution in [0.15, 0.2) is 30.3 Å². The summed E-state index contributed by atoms with van der Waals surface area (Å²) in [5.74, 6) is -0.361. The molecule has 0 amide bonds. The molecule has 0 fully saturated rings. The lowest BCUT2D eigenvalue weighted by Crippen LogP contribution is -1.98. The minimum atomic E-state index is -0.361. The van der Waals surface area contributed by atoms with Crippen molar-refractivity contribution in [2.45, 2.75) is 0 Å². The second-order valence-electron chi connectivity index (χ2n) is 1.86. The Morgan fingerprint density at radius 2 is 1.90 bits per heavy atom. The third-order valence-corrected chi connectivity index (χ3v) is 1.18. The summed E-state index contributed by atoms with van der Waals surface area (Å²) in [6.07, 6.45) is 0.565. The van der Waals surface area contributed by atoms with Crippen molar-refractivity contribution in [3.63, 3.8) is 0 Å². The summed E-state index contributed by atoms with van der Waals surface area (Å²) < 4.78 is 0. The van der Waals surface area contributed by atoms with E-state index < -0.39 is 0 Å². The normalized spacial score (nSPS) is 8.80. The second kappa shape index (κ2) is 2.92. The number of ketones is 1. The molecule has 1 aromatic rings. The Labute approximate surface area is 58.5 Å². The largest absolute Gasteiger partial charge is 0.352 e. The zero-order chi connectivity index (χ0) is 7.40. The molecule has 0 bridgehead atoms. The van der Waals surface area contributed by atoms with Gasteiger partial charge in [-0.15, -0.1) is 0 Å². The molecule has 0 saturated carbocycles. The van der Waals surface area contributed by atoms with Gasteiger partial charge in [-0.1, -0.05) is 30.3 Å². The summed E-state index contributed by atoms with van der Waals surface area (Å²) in [4.78, 5) is 19.0. The molecule has 10 heavy (non-hydrogen) atoms. The maximum absolute atomic E-state index is 10.7. The molecule has 1 rings (SSSR count). The van der Waals surface area contributed by atoms with Crippen LogP contribution in [0.5, 0.6) is 0 Å². The van der Waals surface area contributed by atoms with E-state index in [1.807, 2.05) is 6.07 Å². The Bertz CT molecular complexity index is 239. The highest BCUT2D eigenvalue weighted by molar-refractivity contribution is 6.33. The number of hydrogen-bond acceptors (Lipinski definition) is 1. The first-order valence-corrected chi connectivity index (χ1v) is 2.91. The van der Waals surface area contributed by atoms with E-state index in [0.29, 0.717) is 11.8 Å². The molecule has 0 aliphatic heterocycles. The van der Waals surface area contributed by atoms with Crippen LogP contribution < -0.4 is 0 Å². The molecule has 1 aromatic carbocycles. The van der Waals surface area contributed by atoms with Gasteiger partial charge >= 0.3 is 6.29 Å². The van der Waals surface area contributed by atoms with E-state index in [9.17, 15) is 4.79 Å². The van der Waals surface area contributed by atoms with Gasteiger partial charge in [0.2, 0.25) is 0 Å². The van der Waals surface area contributed by atoms with Crippen molar-refractivity contribution in [2.75, 3.05) is 0 Å². The van der Waals surface area contributed by atoms with Gasteiger partial charge in [0, 0.05) is 5.56 Å². The zero-order valence-electron chi connectivity index (χ0n) is 5.32. The van der Waals surface area contributed by atoms with Crippen molar-refractivity contribution in [3.05, 3.63) is 35.9 Å². The van der Waals surface area contributed by atoms with E-state index >= 15 is 0 Å². The predicted octanol–water partition coefficient (Wildman–Crippen LogP) is 1.04. The third-order valence-electron chi connectivity index (χ3n) is 1.18. The fourth-order valence-corrected chi connectivity index (χ4v) is 0.677. The smallest absolute Gasteiger partial charge is 0.279 e. The quantitative estimate of drug-likeness (QED) is 0.258. The first kappa shape index (κ1) is 6.68. The minimum Gasteiger partial charge on any atom is -0.279 e. The SMILES string of the molecule is O=C(C=[OH+])c1ccccc1. The van der Waals surface area contributed by atoms with Crippen LogP contribution in [0.4, 0.5) is 0 Å². The van der Waals surface area contributed by atoms with Crippen molar-refractivity contribution >= 4 is 12.1 Å². The van der Waals surface area contributed by atoms with Crippen LogP contribution in [0, 0.1) is 0 Å². The lowest BCUT2D eigenvalue weighted by molar-refractivity contribution is 0.106. The molecule has 0 saturated heterocycles. The van der Waals surface area contributed by atoms with Crippen molar-refractivity contribution in [1.82, 2.24) is 0 Å². The monoisotopic (exact) mass is 135 g/mol. The summed E-state index contributed by atoms with van der Waals surface area (Å²) >= 11 is 0. The maximum atomic E-state index is 10.7. The fourth-order valence-electron chi connectivity index (χ4n) is 0.677. The molecule has 2 heteroatoms. The van der Waals surface area contributed by atoms with Gasteiger partial charge in [0.1, 0.15) is 0 Å². The van der Waals surface area contributed by atoms with Gasteiger partial charge < -0.3 is 0 Å². The highest BCUT2D eigenvalue weighted by atomic mass is 16.2. The molecule has 0 radical (unpaired) electrons. The van der Waals surface area contributed by atoms with Gasteiger partial charge in [-0.25, -0.2) is 0 Å². The third kappa shape index (κ3) is 1.29. The number of benzene rings is 1. The van der Waals surface area contributed by atoms with Crippen LogP contribution in [-0.2, 0) is 0 Å². The Morgan fingerprint density at radius 1 is 1.30 bits per heavy atom. The van der Waals surface area contributed by atoms with Crippen LogP contribution in [0.3, 0.4) is 0 Å². The fraction of sp³-hybridized carbons (Fsp3) is 0. The standard InChI is InChI=1S/C8H6O2/c9-6-8(10)7-4-2-1-3-5-7/h1-6H/p+1. The molecule has 2 nitrogen and oxygen atoms in total. The summed E-state index contributed by atoms with van der Waals surface area (Å²) in [6, 6.07) is 8.60. The van der Waals surface area contributed by atoms with Crippen LogP contribution in [-0.4, -0.2) is 16.9 Å². The van der Waals surface area contributed by atoms with E-state index in [-0.39, 0.29) is 5.78 Å². The average Bonchev–Trinajstić information content (AvgIpc) is 2.05. The van der Waals surface area contributed by atoms with E-state index in [1.165, 1.54) is 0 Å². The number of hydrogen-bond donors (Lipinski definition) is 0. The van der Waals surface area contributed by atoms with Gasteiger partial charge in [0.25, 0.3) is 5.78 Å². The molecule has 0 aromatic heterocycles. The summed E-state index contributed by atoms with van der Waals surface area (Å²) in [5, 5.41) is 0. The van der Waals surface area contributed by atoms with Gasteiger partial charge in [-0.2, -0.15) is 0 Å². The molecule has 0 heterocycles. The lowest BCUT2D eigenvalue weighted by atomic mass is 10.1. The Balaban J connectivity index is 2.95. The van der Waals surface area contributed by atoms with Crippen LogP contribution in [0.1, 0.15) is 10.4 Å². The number of aldehydes is 1. The van der Waals surface area contributed by atoms with Gasteiger partial charge in [0.05, 0.1) is 0 Å². The molecule has 50 valence electrons. The lowest BCUT2D eigenvalue weighted by Gasteiger charge is -1.86. The molecule has 0 unspecified atom stereocenters. The topological polar surface area (TPSA) is 38.5 Å². The van der Waals surface area contributed by atoms with Crippen LogP contribution in [0.2, 0.25) is 0 Å². The van der Waals surface area contributed by atoms with Gasteiger partial charge in [-0.05, 0) is 0 Å². The molecular formula is C8H7O2+. The molecular weight excluding hydrogens is 128 g/mol. The first-order valence-electron chi connectivity index (χ1n) is 2.91. The van der Waals surface area contributed by atoms with Crippen molar-refractivity contribution in [3.8, 4) is 0 Å². The van der Waals surface area contributed by atoms with Gasteiger partial charge in [0.15, 0.2) is 0 Å². The molecule has 0 atom stereocenters. The van der Waals surface area contributed by atoms with Crippen molar-refractivity contribution in [1.29, 1.82) is 0 Å². The van der Waals surface area contributed by atoms with E-state index in [0.717, 1.165) is 0 Å². The predicted molar refractivity (Wildman–Crippen MR) is 38.8 cm³/mol. The zero-order valence-corrected chi connectivity index (χ0v) is 5.32. The highest BCUT2D eigenvalue weighted by Gasteiger charge is 2.03. The second-order valence-corrected chi connectivity index (χ2v) is 1.86. The Morgan fingerprint density at radius 3 is 2.40 bits per heavy atom. The summed E-state index contributed by atoms with van der Waals surface area (Å²) in [5.41, 5.74) is 0.505. The highest BCUT2D eigenvalue weighted by Crippen LogP contribution is 1.96.